The lowest BCUT2D eigenvalue weighted by atomic mass is 10.5. The standard InChI is InChI=1S/C10H10BrN3O2S2/c11-8-2-4-17-9(8)6-14-18(15,16)7-1-3-13-10(12)5-7/h1-5,14H,6H2,(H2,12,13). The molecule has 3 N–H and O–H groups in total. The predicted molar refractivity (Wildman–Crippen MR) is 74.7 cm³/mol. The molecule has 2 rings (SSSR count). The average Bonchev–Trinajstić information content (AvgIpc) is 2.72. The van der Waals surface area contributed by atoms with E-state index >= 15 is 0 Å². The number of nitrogen functional groups attached to an aromatic ring is 1. The Balaban J connectivity index is 2.16. The van der Waals surface area contributed by atoms with E-state index in [-0.39, 0.29) is 17.3 Å². The van der Waals surface area contributed by atoms with E-state index in [0.717, 1.165) is 9.35 Å². The van der Waals surface area contributed by atoms with E-state index in [2.05, 4.69) is 25.6 Å². The van der Waals surface area contributed by atoms with Crippen LogP contribution in [-0.2, 0) is 16.6 Å². The van der Waals surface area contributed by atoms with Crippen molar-refractivity contribution in [1.82, 2.24) is 9.71 Å². The molecule has 2 aromatic rings. The number of thiophene rings is 1. The SMILES string of the molecule is Nc1cc(S(=O)(=O)NCc2sccc2Br)ccn1. The Kier molecular flexibility index (Phi) is 4.00. The van der Waals surface area contributed by atoms with Crippen molar-refractivity contribution in [3.8, 4) is 0 Å². The monoisotopic (exact) mass is 347 g/mol. The van der Waals surface area contributed by atoms with E-state index in [4.69, 9.17) is 5.73 Å². The van der Waals surface area contributed by atoms with E-state index in [1.807, 2.05) is 11.4 Å². The molecule has 2 heterocycles. The predicted octanol–water partition coefficient (Wildman–Crippen LogP) is 1.97. The van der Waals surface area contributed by atoms with Gasteiger partial charge in [-0.15, -0.1) is 11.3 Å². The highest BCUT2D eigenvalue weighted by Gasteiger charge is 2.15. The van der Waals surface area contributed by atoms with Crippen LogP contribution in [-0.4, -0.2) is 13.4 Å². The molecule has 0 spiro atoms. The summed E-state index contributed by atoms with van der Waals surface area (Å²) in [7, 11) is -3.56. The van der Waals surface area contributed by atoms with Gasteiger partial charge in [-0.2, -0.15) is 0 Å². The Morgan fingerprint density at radius 3 is 2.83 bits per heavy atom. The van der Waals surface area contributed by atoms with Gasteiger partial charge in [-0.1, -0.05) is 0 Å². The molecule has 0 fully saturated rings. The maximum absolute atomic E-state index is 12.0. The second-order valence-corrected chi connectivity index (χ2v) is 7.05. The van der Waals surface area contributed by atoms with Gasteiger partial charge < -0.3 is 5.73 Å². The third-order valence-corrected chi connectivity index (χ3v) is 5.50. The number of hydrogen-bond donors (Lipinski definition) is 2. The Labute approximate surface area is 117 Å². The zero-order valence-corrected chi connectivity index (χ0v) is 12.3. The summed E-state index contributed by atoms with van der Waals surface area (Å²) in [6.07, 6.45) is 1.37. The maximum atomic E-state index is 12.0. The zero-order valence-electron chi connectivity index (χ0n) is 9.13. The van der Waals surface area contributed by atoms with Crippen molar-refractivity contribution < 1.29 is 8.42 Å². The van der Waals surface area contributed by atoms with Gasteiger partial charge in [0.2, 0.25) is 10.0 Å². The van der Waals surface area contributed by atoms with Gasteiger partial charge in [0, 0.05) is 28.2 Å². The normalized spacial score (nSPS) is 11.6. The Morgan fingerprint density at radius 2 is 2.22 bits per heavy atom. The lowest BCUT2D eigenvalue weighted by Gasteiger charge is -2.06. The molecular weight excluding hydrogens is 338 g/mol. The summed E-state index contributed by atoms with van der Waals surface area (Å²) < 4.78 is 27.4. The molecule has 0 aliphatic rings. The molecule has 8 heteroatoms. The van der Waals surface area contributed by atoms with Gasteiger partial charge >= 0.3 is 0 Å². The minimum atomic E-state index is -3.56. The average molecular weight is 348 g/mol. The summed E-state index contributed by atoms with van der Waals surface area (Å²) >= 11 is 4.83. The number of nitrogens with one attached hydrogen (secondary N) is 1. The molecule has 96 valence electrons. The van der Waals surface area contributed by atoms with Crippen LogP contribution in [0.2, 0.25) is 0 Å². The fourth-order valence-corrected chi connectivity index (χ4v) is 3.83. The lowest BCUT2D eigenvalue weighted by molar-refractivity contribution is 0.581. The van der Waals surface area contributed by atoms with Crippen LogP contribution in [0.3, 0.4) is 0 Å². The van der Waals surface area contributed by atoms with Gasteiger partial charge in [0.05, 0.1) is 4.90 Å². The van der Waals surface area contributed by atoms with Crippen LogP contribution in [0.15, 0.2) is 39.1 Å². The molecule has 0 bridgehead atoms. The van der Waals surface area contributed by atoms with Crippen LogP contribution >= 0.6 is 27.3 Å². The van der Waals surface area contributed by atoms with Crippen molar-refractivity contribution in [2.75, 3.05) is 5.73 Å². The van der Waals surface area contributed by atoms with Crippen LogP contribution in [0.5, 0.6) is 0 Å². The molecule has 18 heavy (non-hydrogen) atoms. The number of hydrogen-bond acceptors (Lipinski definition) is 5. The first-order chi connectivity index (χ1) is 8.49. The van der Waals surface area contributed by atoms with Crippen molar-refractivity contribution in [2.24, 2.45) is 0 Å². The van der Waals surface area contributed by atoms with E-state index < -0.39 is 10.0 Å². The van der Waals surface area contributed by atoms with Crippen molar-refractivity contribution >= 4 is 43.1 Å². The van der Waals surface area contributed by atoms with Crippen LogP contribution < -0.4 is 10.5 Å². The topological polar surface area (TPSA) is 85.1 Å². The van der Waals surface area contributed by atoms with Crippen molar-refractivity contribution in [3.05, 3.63) is 39.1 Å². The second kappa shape index (κ2) is 5.35. The highest BCUT2D eigenvalue weighted by molar-refractivity contribution is 9.10. The number of nitrogens with zero attached hydrogens (tertiary/aromatic N) is 1. The second-order valence-electron chi connectivity index (χ2n) is 3.43. The minimum absolute atomic E-state index is 0.114. The van der Waals surface area contributed by atoms with E-state index in [1.165, 1.54) is 29.7 Å². The first-order valence-electron chi connectivity index (χ1n) is 4.92. The minimum Gasteiger partial charge on any atom is -0.384 e. The number of nitrogens with two attached hydrogens (primary N) is 1. The first-order valence-corrected chi connectivity index (χ1v) is 8.08. The first kappa shape index (κ1) is 13.5. The Hall–Kier alpha value is -0.960. The molecule has 0 saturated carbocycles. The van der Waals surface area contributed by atoms with Gasteiger partial charge in [-0.05, 0) is 33.4 Å². The van der Waals surface area contributed by atoms with Gasteiger partial charge in [0.25, 0.3) is 0 Å². The number of rotatable bonds is 4. The van der Waals surface area contributed by atoms with Gasteiger partial charge in [0.1, 0.15) is 5.82 Å². The molecule has 0 saturated heterocycles. The zero-order chi connectivity index (χ0) is 13.2. The van der Waals surface area contributed by atoms with E-state index in [1.54, 1.807) is 0 Å². The van der Waals surface area contributed by atoms with Crippen LogP contribution in [0.1, 0.15) is 4.88 Å². The fourth-order valence-electron chi connectivity index (χ4n) is 1.29. The van der Waals surface area contributed by atoms with Crippen molar-refractivity contribution in [1.29, 1.82) is 0 Å². The molecule has 0 aromatic carbocycles. The molecule has 0 amide bonds. The number of sulfonamides is 1. The van der Waals surface area contributed by atoms with E-state index in [9.17, 15) is 8.42 Å². The third kappa shape index (κ3) is 3.08. The number of halogens is 1. The molecule has 0 unspecified atom stereocenters. The summed E-state index contributed by atoms with van der Waals surface area (Å²) in [4.78, 5) is 4.79. The summed E-state index contributed by atoms with van der Waals surface area (Å²) in [5.74, 6) is 0.176. The molecule has 0 aliphatic heterocycles. The van der Waals surface area contributed by atoms with E-state index in [0.29, 0.717) is 0 Å². The molecule has 0 radical (unpaired) electrons. The molecule has 0 atom stereocenters. The van der Waals surface area contributed by atoms with Crippen LogP contribution in [0.25, 0.3) is 0 Å². The lowest BCUT2D eigenvalue weighted by Crippen LogP contribution is -2.23. The Morgan fingerprint density at radius 1 is 1.44 bits per heavy atom. The summed E-state index contributed by atoms with van der Waals surface area (Å²) in [5.41, 5.74) is 5.46. The van der Waals surface area contributed by atoms with Crippen molar-refractivity contribution in [3.63, 3.8) is 0 Å². The van der Waals surface area contributed by atoms with Crippen LogP contribution in [0, 0.1) is 0 Å². The van der Waals surface area contributed by atoms with Gasteiger partial charge in [0.15, 0.2) is 0 Å². The smallest absolute Gasteiger partial charge is 0.241 e. The summed E-state index contributed by atoms with van der Waals surface area (Å²) in [5, 5.41) is 1.89. The summed E-state index contributed by atoms with van der Waals surface area (Å²) in [6.45, 7) is 0.239. The maximum Gasteiger partial charge on any atom is 0.241 e. The molecular formula is C10H10BrN3O2S2. The van der Waals surface area contributed by atoms with Crippen LogP contribution in [0.4, 0.5) is 5.82 Å². The highest BCUT2D eigenvalue weighted by atomic mass is 79.9. The quantitative estimate of drug-likeness (QED) is 0.885. The largest absolute Gasteiger partial charge is 0.384 e. The Bertz CT molecular complexity index is 655. The van der Waals surface area contributed by atoms with Gasteiger partial charge in [-0.3, -0.25) is 0 Å². The fraction of sp³-hybridized carbons (Fsp3) is 0.100. The molecule has 0 aliphatic carbocycles. The number of anilines is 1. The molecule has 2 aromatic heterocycles. The number of pyridine rings is 1. The highest BCUT2D eigenvalue weighted by Crippen LogP contribution is 2.23. The number of aromatic nitrogens is 1. The molecule has 5 nitrogen and oxygen atoms in total. The van der Waals surface area contributed by atoms with Gasteiger partial charge in [-0.25, -0.2) is 18.1 Å². The van der Waals surface area contributed by atoms with Crippen molar-refractivity contribution in [2.45, 2.75) is 11.4 Å². The third-order valence-electron chi connectivity index (χ3n) is 2.18. The summed E-state index contributed by atoms with van der Waals surface area (Å²) in [6, 6.07) is 4.60.